The monoisotopic (exact) mass is 370 g/mol. The van der Waals surface area contributed by atoms with Crippen molar-refractivity contribution in [2.24, 2.45) is 0 Å². The molecule has 0 saturated carbocycles. The van der Waals surface area contributed by atoms with Gasteiger partial charge in [-0.05, 0) is 23.8 Å². The van der Waals surface area contributed by atoms with Crippen molar-refractivity contribution in [3.8, 4) is 11.4 Å². The van der Waals surface area contributed by atoms with E-state index < -0.39 is 0 Å². The number of nitrogens with one attached hydrogen (secondary N) is 1. The smallest absolute Gasteiger partial charge is 0.277 e. The number of hydrogen-bond acceptors (Lipinski definition) is 3. The fourth-order valence-electron chi connectivity index (χ4n) is 2.70. The number of imidazole rings is 1. The number of aromatic amines is 1. The predicted octanol–water partition coefficient (Wildman–Crippen LogP) is 4.14. The number of H-pyrrole nitrogens is 1. The molecule has 0 aliphatic heterocycles. The Morgan fingerprint density at radius 2 is 1.88 bits per heavy atom. The molecule has 4 aromatic rings. The predicted molar refractivity (Wildman–Crippen MR) is 99.1 cm³/mol. The first-order valence-corrected chi connectivity index (χ1v) is 8.32. The van der Waals surface area contributed by atoms with E-state index in [0.29, 0.717) is 39.1 Å². The second-order valence-corrected chi connectivity index (χ2v) is 6.41. The summed E-state index contributed by atoms with van der Waals surface area (Å²) in [5.41, 5.74) is 2.21. The average molecular weight is 371 g/mol. The summed E-state index contributed by atoms with van der Waals surface area (Å²) in [4.78, 5) is 24.1. The molecule has 0 spiro atoms. The molecule has 0 fully saturated rings. The molecule has 0 saturated heterocycles. The third kappa shape index (κ3) is 3.04. The van der Waals surface area contributed by atoms with Gasteiger partial charge in [0.25, 0.3) is 5.56 Å². The summed E-state index contributed by atoms with van der Waals surface area (Å²) in [6.45, 7) is 0.545. The lowest BCUT2D eigenvalue weighted by Gasteiger charge is -2.06. The van der Waals surface area contributed by atoms with Crippen molar-refractivity contribution in [1.82, 2.24) is 19.5 Å². The number of benzene rings is 2. The SMILES string of the molecule is O=c1[nH]c(-c2ccc(Cl)cc2Cl)nc2ncn(Cc3ccccc3)c12. The zero-order valence-electron chi connectivity index (χ0n) is 12.9. The number of rotatable bonds is 3. The van der Waals surface area contributed by atoms with Crippen LogP contribution in [0.3, 0.4) is 0 Å². The van der Waals surface area contributed by atoms with Crippen molar-refractivity contribution in [2.45, 2.75) is 6.54 Å². The van der Waals surface area contributed by atoms with Gasteiger partial charge in [-0.25, -0.2) is 9.97 Å². The molecule has 4 rings (SSSR count). The Bertz CT molecular complexity index is 1120. The van der Waals surface area contributed by atoms with Gasteiger partial charge in [0.1, 0.15) is 5.82 Å². The van der Waals surface area contributed by atoms with Crippen LogP contribution in [0.4, 0.5) is 0 Å². The highest BCUT2D eigenvalue weighted by Gasteiger charge is 2.14. The van der Waals surface area contributed by atoms with Crippen LogP contribution in [0.2, 0.25) is 10.0 Å². The van der Waals surface area contributed by atoms with Crippen LogP contribution in [0.5, 0.6) is 0 Å². The molecule has 0 atom stereocenters. The Hall–Kier alpha value is -2.63. The Morgan fingerprint density at radius 3 is 2.64 bits per heavy atom. The summed E-state index contributed by atoms with van der Waals surface area (Å²) >= 11 is 12.1. The summed E-state index contributed by atoms with van der Waals surface area (Å²) in [5, 5.41) is 0.933. The first kappa shape index (κ1) is 15.9. The molecular weight excluding hydrogens is 359 g/mol. The molecule has 1 N–H and O–H groups in total. The van der Waals surface area contributed by atoms with Crippen molar-refractivity contribution in [2.75, 3.05) is 0 Å². The summed E-state index contributed by atoms with van der Waals surface area (Å²) in [5.74, 6) is 0.365. The number of aromatic nitrogens is 4. The fourth-order valence-corrected chi connectivity index (χ4v) is 3.19. The molecule has 0 radical (unpaired) electrons. The third-order valence-corrected chi connectivity index (χ3v) is 4.41. The second kappa shape index (κ2) is 6.35. The number of hydrogen-bond donors (Lipinski definition) is 1. The normalized spacial score (nSPS) is 11.1. The highest BCUT2D eigenvalue weighted by atomic mass is 35.5. The molecule has 124 valence electrons. The van der Waals surface area contributed by atoms with E-state index in [0.717, 1.165) is 5.56 Å². The minimum atomic E-state index is -0.264. The van der Waals surface area contributed by atoms with Crippen LogP contribution in [-0.2, 0) is 6.54 Å². The van der Waals surface area contributed by atoms with Crippen molar-refractivity contribution in [3.63, 3.8) is 0 Å². The van der Waals surface area contributed by atoms with Gasteiger partial charge in [-0.3, -0.25) is 4.79 Å². The molecule has 7 heteroatoms. The number of nitrogens with zero attached hydrogens (tertiary/aromatic N) is 3. The molecule has 0 aliphatic rings. The van der Waals surface area contributed by atoms with Crippen LogP contribution >= 0.6 is 23.2 Å². The lowest BCUT2D eigenvalue weighted by molar-refractivity contribution is 0.819. The maximum Gasteiger partial charge on any atom is 0.277 e. The van der Waals surface area contributed by atoms with Crippen LogP contribution in [0, 0.1) is 0 Å². The van der Waals surface area contributed by atoms with E-state index in [-0.39, 0.29) is 5.56 Å². The topological polar surface area (TPSA) is 63.6 Å². The zero-order chi connectivity index (χ0) is 17.4. The molecule has 25 heavy (non-hydrogen) atoms. The van der Waals surface area contributed by atoms with Gasteiger partial charge in [0.2, 0.25) is 0 Å². The van der Waals surface area contributed by atoms with Crippen LogP contribution in [0.15, 0.2) is 59.7 Å². The zero-order valence-corrected chi connectivity index (χ0v) is 14.4. The van der Waals surface area contributed by atoms with Gasteiger partial charge in [0.15, 0.2) is 11.2 Å². The van der Waals surface area contributed by atoms with E-state index in [4.69, 9.17) is 23.2 Å². The Morgan fingerprint density at radius 1 is 1.08 bits per heavy atom. The first-order chi connectivity index (χ1) is 12.1. The molecule has 2 heterocycles. The number of halogens is 2. The molecule has 0 unspecified atom stereocenters. The second-order valence-electron chi connectivity index (χ2n) is 5.57. The molecule has 0 aliphatic carbocycles. The van der Waals surface area contributed by atoms with Crippen molar-refractivity contribution in [3.05, 3.63) is 80.8 Å². The van der Waals surface area contributed by atoms with Gasteiger partial charge in [-0.15, -0.1) is 0 Å². The maximum absolute atomic E-state index is 12.6. The summed E-state index contributed by atoms with van der Waals surface area (Å²) < 4.78 is 1.78. The standard InChI is InChI=1S/C18H12Cl2N4O/c19-12-6-7-13(14(20)8-12)16-22-17-15(18(25)23-16)24(10-21-17)9-11-4-2-1-3-5-11/h1-8,10H,9H2,(H,22,23,25). The maximum atomic E-state index is 12.6. The van der Waals surface area contributed by atoms with E-state index in [1.807, 2.05) is 30.3 Å². The average Bonchev–Trinajstić information content (AvgIpc) is 2.99. The Kier molecular flexibility index (Phi) is 4.03. The Balaban J connectivity index is 1.81. The van der Waals surface area contributed by atoms with E-state index >= 15 is 0 Å². The van der Waals surface area contributed by atoms with Crippen molar-refractivity contribution < 1.29 is 0 Å². The highest BCUT2D eigenvalue weighted by molar-refractivity contribution is 6.36. The van der Waals surface area contributed by atoms with Gasteiger partial charge in [-0.2, -0.15) is 0 Å². The van der Waals surface area contributed by atoms with Crippen LogP contribution in [-0.4, -0.2) is 19.5 Å². The summed E-state index contributed by atoms with van der Waals surface area (Å²) in [7, 11) is 0. The fraction of sp³-hybridized carbons (Fsp3) is 0.0556. The molecule has 0 bridgehead atoms. The largest absolute Gasteiger partial charge is 0.320 e. The molecule has 0 amide bonds. The van der Waals surface area contributed by atoms with Crippen LogP contribution in [0.1, 0.15) is 5.56 Å². The minimum Gasteiger partial charge on any atom is -0.320 e. The van der Waals surface area contributed by atoms with Crippen LogP contribution in [0.25, 0.3) is 22.6 Å². The molecule has 2 aromatic carbocycles. The number of fused-ring (bicyclic) bond motifs is 1. The molecule has 2 aromatic heterocycles. The lowest BCUT2D eigenvalue weighted by Crippen LogP contribution is -2.13. The minimum absolute atomic E-state index is 0.264. The Labute approximate surface area is 152 Å². The van der Waals surface area contributed by atoms with Gasteiger partial charge in [0.05, 0.1) is 11.3 Å². The van der Waals surface area contributed by atoms with Gasteiger partial charge >= 0.3 is 0 Å². The molecule has 5 nitrogen and oxygen atoms in total. The lowest BCUT2D eigenvalue weighted by atomic mass is 10.2. The van der Waals surface area contributed by atoms with Gasteiger partial charge in [-0.1, -0.05) is 53.5 Å². The quantitative estimate of drug-likeness (QED) is 0.589. The highest BCUT2D eigenvalue weighted by Crippen LogP contribution is 2.28. The van der Waals surface area contributed by atoms with Gasteiger partial charge < -0.3 is 9.55 Å². The first-order valence-electron chi connectivity index (χ1n) is 7.56. The van der Waals surface area contributed by atoms with E-state index in [9.17, 15) is 4.79 Å². The van der Waals surface area contributed by atoms with Crippen molar-refractivity contribution >= 4 is 34.4 Å². The van der Waals surface area contributed by atoms with Crippen molar-refractivity contribution in [1.29, 1.82) is 0 Å². The van der Waals surface area contributed by atoms with E-state index in [2.05, 4.69) is 15.0 Å². The van der Waals surface area contributed by atoms with E-state index in [1.165, 1.54) is 0 Å². The molecular formula is C18H12Cl2N4O. The summed E-state index contributed by atoms with van der Waals surface area (Å²) in [6.07, 6.45) is 1.62. The summed E-state index contributed by atoms with van der Waals surface area (Å²) in [6, 6.07) is 14.9. The van der Waals surface area contributed by atoms with E-state index in [1.54, 1.807) is 29.1 Å². The van der Waals surface area contributed by atoms with Gasteiger partial charge in [0, 0.05) is 17.1 Å². The van der Waals surface area contributed by atoms with Crippen LogP contribution < -0.4 is 5.56 Å². The third-order valence-electron chi connectivity index (χ3n) is 3.87.